The van der Waals surface area contributed by atoms with Crippen LogP contribution in [-0.4, -0.2) is 19.6 Å². The fraction of sp³-hybridized carbons (Fsp3) is 0.133. The van der Waals surface area contributed by atoms with E-state index in [-0.39, 0.29) is 17.5 Å². The molecule has 0 atom stereocenters. The number of amides is 1. The molecule has 0 unspecified atom stereocenters. The minimum Gasteiger partial charge on any atom is -0.484 e. The molecule has 0 fully saturated rings. The Labute approximate surface area is 126 Å². The van der Waals surface area contributed by atoms with Crippen molar-refractivity contribution in [3.8, 4) is 5.75 Å². The second-order valence-electron chi connectivity index (χ2n) is 4.24. The van der Waals surface area contributed by atoms with Gasteiger partial charge in [-0.2, -0.15) is 0 Å². The summed E-state index contributed by atoms with van der Waals surface area (Å²) in [6.45, 7) is -0.160. The van der Waals surface area contributed by atoms with E-state index < -0.39 is 5.82 Å². The first-order valence-corrected chi connectivity index (χ1v) is 6.62. The van der Waals surface area contributed by atoms with Crippen LogP contribution in [0.25, 0.3) is 0 Å². The molecule has 110 valence electrons. The molecule has 2 N–H and O–H groups in total. The summed E-state index contributed by atoms with van der Waals surface area (Å²) in [6, 6.07) is 10.9. The summed E-state index contributed by atoms with van der Waals surface area (Å²) in [4.78, 5) is 11.7. The second kappa shape index (κ2) is 6.95. The molecular formula is C15H14ClFN2O2. The number of carbonyl (C=O) groups excluding carboxylic acids is 1. The third-order valence-corrected chi connectivity index (χ3v) is 3.03. The zero-order valence-corrected chi connectivity index (χ0v) is 12.1. The highest BCUT2D eigenvalue weighted by atomic mass is 35.5. The molecule has 0 aliphatic carbocycles. The fourth-order valence-corrected chi connectivity index (χ4v) is 1.86. The predicted octanol–water partition coefficient (Wildman–Crippen LogP) is 3.54. The number of ether oxygens (including phenoxy) is 1. The Hall–Kier alpha value is -2.27. The van der Waals surface area contributed by atoms with Crippen LogP contribution in [0.1, 0.15) is 0 Å². The van der Waals surface area contributed by atoms with E-state index in [4.69, 9.17) is 16.3 Å². The van der Waals surface area contributed by atoms with Crippen molar-refractivity contribution in [3.63, 3.8) is 0 Å². The molecule has 2 aromatic rings. The predicted molar refractivity (Wildman–Crippen MR) is 81.5 cm³/mol. The van der Waals surface area contributed by atoms with E-state index in [1.165, 1.54) is 12.1 Å². The molecular weight excluding hydrogens is 295 g/mol. The summed E-state index contributed by atoms with van der Waals surface area (Å²) in [5.41, 5.74) is 1.29. The van der Waals surface area contributed by atoms with E-state index in [9.17, 15) is 9.18 Å². The van der Waals surface area contributed by atoms with Crippen molar-refractivity contribution in [1.29, 1.82) is 0 Å². The van der Waals surface area contributed by atoms with Gasteiger partial charge >= 0.3 is 0 Å². The van der Waals surface area contributed by atoms with Gasteiger partial charge in [0.2, 0.25) is 0 Å². The zero-order chi connectivity index (χ0) is 15.2. The van der Waals surface area contributed by atoms with Crippen molar-refractivity contribution in [2.75, 3.05) is 24.3 Å². The van der Waals surface area contributed by atoms with E-state index >= 15 is 0 Å². The monoisotopic (exact) mass is 308 g/mol. The molecule has 0 aliphatic rings. The molecule has 1 amide bonds. The minimum atomic E-state index is -0.459. The molecule has 4 nitrogen and oxygen atoms in total. The van der Waals surface area contributed by atoms with Crippen molar-refractivity contribution >= 4 is 28.9 Å². The summed E-state index contributed by atoms with van der Waals surface area (Å²) in [5.74, 6) is -0.255. The minimum absolute atomic E-state index is 0.140. The molecule has 0 spiro atoms. The van der Waals surface area contributed by atoms with Crippen LogP contribution < -0.4 is 15.4 Å². The van der Waals surface area contributed by atoms with Crippen LogP contribution in [0.4, 0.5) is 15.8 Å². The lowest BCUT2D eigenvalue weighted by molar-refractivity contribution is -0.118. The Bertz CT molecular complexity index is 632. The van der Waals surface area contributed by atoms with E-state index in [2.05, 4.69) is 10.6 Å². The first-order valence-electron chi connectivity index (χ1n) is 6.24. The topological polar surface area (TPSA) is 50.4 Å². The van der Waals surface area contributed by atoms with Crippen molar-refractivity contribution in [2.45, 2.75) is 0 Å². The molecule has 0 saturated heterocycles. The Morgan fingerprint density at radius 1 is 1.24 bits per heavy atom. The number of rotatable bonds is 5. The van der Waals surface area contributed by atoms with Gasteiger partial charge in [-0.3, -0.25) is 4.79 Å². The van der Waals surface area contributed by atoms with Gasteiger partial charge in [-0.1, -0.05) is 11.6 Å². The number of hydrogen-bond donors (Lipinski definition) is 2. The van der Waals surface area contributed by atoms with Crippen LogP contribution in [0.2, 0.25) is 5.02 Å². The largest absolute Gasteiger partial charge is 0.484 e. The van der Waals surface area contributed by atoms with E-state index in [0.29, 0.717) is 11.4 Å². The average Bonchev–Trinajstić information content (AvgIpc) is 2.48. The number of nitrogens with one attached hydrogen (secondary N) is 2. The smallest absolute Gasteiger partial charge is 0.262 e. The summed E-state index contributed by atoms with van der Waals surface area (Å²) in [7, 11) is 1.82. The third-order valence-electron chi connectivity index (χ3n) is 2.72. The standard InChI is InChI=1S/C15H14ClFN2O2/c1-18-11-3-5-12(6-4-11)21-9-15(20)19-14-7-2-10(17)8-13(14)16/h2-8,18H,9H2,1H3,(H,19,20). The summed E-state index contributed by atoms with van der Waals surface area (Å²) in [6.07, 6.45) is 0. The number of carbonyl (C=O) groups is 1. The average molecular weight is 309 g/mol. The summed E-state index contributed by atoms with van der Waals surface area (Å²) < 4.78 is 18.2. The second-order valence-corrected chi connectivity index (χ2v) is 4.64. The van der Waals surface area contributed by atoms with Gasteiger partial charge in [-0.25, -0.2) is 4.39 Å². The van der Waals surface area contributed by atoms with E-state index in [0.717, 1.165) is 11.8 Å². The maximum atomic E-state index is 12.9. The fourth-order valence-electron chi connectivity index (χ4n) is 1.64. The van der Waals surface area contributed by atoms with E-state index in [1.54, 1.807) is 12.1 Å². The van der Waals surface area contributed by atoms with Crippen molar-refractivity contribution < 1.29 is 13.9 Å². The lowest BCUT2D eigenvalue weighted by Crippen LogP contribution is -2.20. The van der Waals surface area contributed by atoms with Gasteiger partial charge in [0.05, 0.1) is 10.7 Å². The zero-order valence-electron chi connectivity index (χ0n) is 11.3. The highest BCUT2D eigenvalue weighted by Gasteiger charge is 2.07. The van der Waals surface area contributed by atoms with Crippen molar-refractivity contribution in [3.05, 3.63) is 53.3 Å². The number of hydrogen-bond acceptors (Lipinski definition) is 3. The van der Waals surface area contributed by atoms with Crippen LogP contribution in [0.3, 0.4) is 0 Å². The molecule has 0 heterocycles. The summed E-state index contributed by atoms with van der Waals surface area (Å²) in [5, 5.41) is 5.68. The Morgan fingerprint density at radius 3 is 2.57 bits per heavy atom. The molecule has 0 aliphatic heterocycles. The van der Waals surface area contributed by atoms with Gasteiger partial charge in [0.1, 0.15) is 11.6 Å². The highest BCUT2D eigenvalue weighted by Crippen LogP contribution is 2.22. The quantitative estimate of drug-likeness (QED) is 0.888. The van der Waals surface area contributed by atoms with Crippen LogP contribution in [0.15, 0.2) is 42.5 Å². The first kappa shape index (κ1) is 15.1. The Kier molecular flexibility index (Phi) is 5.00. The van der Waals surface area contributed by atoms with Crippen molar-refractivity contribution in [2.24, 2.45) is 0 Å². The van der Waals surface area contributed by atoms with Crippen LogP contribution >= 0.6 is 11.6 Å². The van der Waals surface area contributed by atoms with Gasteiger partial charge in [-0.05, 0) is 42.5 Å². The van der Waals surface area contributed by atoms with Gasteiger partial charge < -0.3 is 15.4 Å². The Balaban J connectivity index is 1.89. The normalized spacial score (nSPS) is 10.0. The lowest BCUT2D eigenvalue weighted by atomic mass is 10.3. The van der Waals surface area contributed by atoms with Gasteiger partial charge in [0.15, 0.2) is 6.61 Å². The third kappa shape index (κ3) is 4.36. The van der Waals surface area contributed by atoms with Gasteiger partial charge in [0, 0.05) is 12.7 Å². The SMILES string of the molecule is CNc1ccc(OCC(=O)Nc2ccc(F)cc2Cl)cc1. The maximum absolute atomic E-state index is 12.9. The molecule has 0 bridgehead atoms. The molecule has 21 heavy (non-hydrogen) atoms. The molecule has 2 rings (SSSR count). The number of halogens is 2. The molecule has 2 aromatic carbocycles. The van der Waals surface area contributed by atoms with Gasteiger partial charge in [0.25, 0.3) is 5.91 Å². The van der Waals surface area contributed by atoms with E-state index in [1.807, 2.05) is 19.2 Å². The lowest BCUT2D eigenvalue weighted by Gasteiger charge is -2.09. The molecule has 6 heteroatoms. The number of benzene rings is 2. The van der Waals surface area contributed by atoms with Crippen LogP contribution in [0.5, 0.6) is 5.75 Å². The molecule has 0 radical (unpaired) electrons. The molecule has 0 aromatic heterocycles. The van der Waals surface area contributed by atoms with Crippen LogP contribution in [-0.2, 0) is 4.79 Å². The summed E-state index contributed by atoms with van der Waals surface area (Å²) >= 11 is 5.82. The molecule has 0 saturated carbocycles. The maximum Gasteiger partial charge on any atom is 0.262 e. The number of anilines is 2. The highest BCUT2D eigenvalue weighted by molar-refractivity contribution is 6.33. The van der Waals surface area contributed by atoms with Crippen molar-refractivity contribution in [1.82, 2.24) is 0 Å². The first-order chi connectivity index (χ1) is 10.1. The van der Waals surface area contributed by atoms with Crippen LogP contribution in [0, 0.1) is 5.82 Å². The Morgan fingerprint density at radius 2 is 1.95 bits per heavy atom. The van der Waals surface area contributed by atoms with Gasteiger partial charge in [-0.15, -0.1) is 0 Å².